The molecule has 3 rings (SSSR count). The van der Waals surface area contributed by atoms with Gasteiger partial charge in [-0.05, 0) is 64.5 Å². The quantitative estimate of drug-likeness (QED) is 0.513. The first-order valence-electron chi connectivity index (χ1n) is 7.96. The molecule has 4 atom stereocenters. The minimum atomic E-state index is -1.99. The molecule has 1 saturated heterocycles. The Kier molecular flexibility index (Phi) is 4.40. The van der Waals surface area contributed by atoms with Gasteiger partial charge in [0.15, 0.2) is 0 Å². The molecule has 0 amide bonds. The van der Waals surface area contributed by atoms with E-state index in [1.807, 2.05) is 11.4 Å². The molecule has 1 heterocycles. The molecule has 0 unspecified atom stereocenters. The van der Waals surface area contributed by atoms with Gasteiger partial charge >= 0.3 is 0 Å². The number of hydrogen-bond donors (Lipinski definition) is 0. The van der Waals surface area contributed by atoms with Crippen molar-refractivity contribution >= 4 is 34.0 Å². The lowest BCUT2D eigenvalue weighted by Crippen LogP contribution is -2.40. The van der Waals surface area contributed by atoms with Gasteiger partial charge in [0.05, 0.1) is 5.60 Å². The maximum absolute atomic E-state index is 6.65. The van der Waals surface area contributed by atoms with Crippen LogP contribution in [0.15, 0.2) is 30.4 Å². The maximum Gasteiger partial charge on any atom is 0.149 e. The fraction of sp³-hybridized carbons (Fsp3) is 0.556. The summed E-state index contributed by atoms with van der Waals surface area (Å²) in [5.74, 6) is 0.634. The predicted molar refractivity (Wildman–Crippen MR) is 103 cm³/mol. The van der Waals surface area contributed by atoms with Gasteiger partial charge in [-0.3, -0.25) is 0 Å². The average molecular weight is 353 g/mol. The number of rotatable bonds is 2. The highest BCUT2D eigenvalue weighted by atomic mass is 32.9. The van der Waals surface area contributed by atoms with Crippen LogP contribution in [0.3, 0.4) is 0 Å². The molecule has 1 saturated carbocycles. The maximum atomic E-state index is 6.65. The second kappa shape index (κ2) is 5.77. The van der Waals surface area contributed by atoms with E-state index in [0.29, 0.717) is 11.2 Å². The van der Waals surface area contributed by atoms with Gasteiger partial charge in [-0.25, -0.2) is 0 Å². The SMILES string of the molecule is C=C(C)[C@@H]1CC[C@]2(C)O[P@](=S)(c3cc(C)ccc3C)S[C@H]2C1. The molecule has 0 radical (unpaired) electrons. The minimum Gasteiger partial charge on any atom is -0.331 e. The lowest BCUT2D eigenvalue weighted by molar-refractivity contribution is 0.0685. The van der Waals surface area contributed by atoms with Crippen molar-refractivity contribution in [1.29, 1.82) is 0 Å². The number of allylic oxidation sites excluding steroid dienone is 1. The highest BCUT2D eigenvalue weighted by molar-refractivity contribution is 8.72. The van der Waals surface area contributed by atoms with Gasteiger partial charge in [0, 0.05) is 10.6 Å². The Morgan fingerprint density at radius 2 is 2.18 bits per heavy atom. The van der Waals surface area contributed by atoms with Crippen LogP contribution in [0.25, 0.3) is 0 Å². The Labute approximate surface area is 143 Å². The molecule has 4 heteroatoms. The molecule has 1 aromatic rings. The molecular formula is C18H25OPS2. The third-order valence-corrected chi connectivity index (χ3v) is 12.1. The summed E-state index contributed by atoms with van der Waals surface area (Å²) in [6.45, 7) is 12.9. The summed E-state index contributed by atoms with van der Waals surface area (Å²) in [6, 6.07) is 6.59. The van der Waals surface area contributed by atoms with Crippen molar-refractivity contribution in [2.24, 2.45) is 5.92 Å². The van der Waals surface area contributed by atoms with Crippen LogP contribution < -0.4 is 5.30 Å². The smallest absolute Gasteiger partial charge is 0.149 e. The topological polar surface area (TPSA) is 9.23 Å². The van der Waals surface area contributed by atoms with E-state index in [-0.39, 0.29) is 5.60 Å². The van der Waals surface area contributed by atoms with Gasteiger partial charge in [-0.1, -0.05) is 53.0 Å². The lowest BCUT2D eigenvalue weighted by Gasteiger charge is -2.38. The van der Waals surface area contributed by atoms with Crippen LogP contribution in [0.5, 0.6) is 0 Å². The molecule has 2 aliphatic rings. The highest BCUT2D eigenvalue weighted by Gasteiger charge is 2.52. The lowest BCUT2D eigenvalue weighted by atomic mass is 9.77. The molecule has 0 aromatic heterocycles. The second-order valence-corrected chi connectivity index (χ2v) is 14.0. The van der Waals surface area contributed by atoms with Crippen molar-refractivity contribution in [3.05, 3.63) is 41.5 Å². The third-order valence-electron chi connectivity index (χ3n) is 5.12. The molecule has 1 nitrogen and oxygen atoms in total. The van der Waals surface area contributed by atoms with Crippen LogP contribution in [0, 0.1) is 19.8 Å². The molecule has 120 valence electrons. The summed E-state index contributed by atoms with van der Waals surface area (Å²) in [6.07, 6.45) is 3.45. The van der Waals surface area contributed by atoms with Gasteiger partial charge in [0.1, 0.15) is 5.47 Å². The third kappa shape index (κ3) is 2.86. The standard InChI is InChI=1S/C18H25OPS2/c1-12(2)15-8-9-18(5)17(11-15)22-20(21,19-18)16-10-13(3)6-7-14(16)4/h6-7,10,15,17H,1,8-9,11H2,2-5H3/t15-,17+,18+,20+/m1/s1. The van der Waals surface area contributed by atoms with E-state index in [2.05, 4.69) is 52.5 Å². The minimum absolute atomic E-state index is 0.0532. The van der Waals surface area contributed by atoms with Crippen molar-refractivity contribution in [2.45, 2.75) is 57.8 Å². The van der Waals surface area contributed by atoms with Crippen molar-refractivity contribution in [2.75, 3.05) is 0 Å². The second-order valence-electron chi connectivity index (χ2n) is 7.10. The van der Waals surface area contributed by atoms with Gasteiger partial charge in [-0.15, -0.1) is 0 Å². The number of hydrogen-bond acceptors (Lipinski definition) is 3. The van der Waals surface area contributed by atoms with E-state index in [0.717, 1.165) is 6.42 Å². The first-order valence-corrected chi connectivity index (χ1v) is 12.2. The Hall–Kier alpha value is -0.0800. The molecule has 22 heavy (non-hydrogen) atoms. The van der Waals surface area contributed by atoms with E-state index < -0.39 is 5.47 Å². The van der Waals surface area contributed by atoms with Gasteiger partial charge < -0.3 is 4.52 Å². The van der Waals surface area contributed by atoms with Crippen LogP contribution in [0.1, 0.15) is 44.2 Å². The van der Waals surface area contributed by atoms with Crippen molar-refractivity contribution < 1.29 is 4.52 Å². The zero-order valence-electron chi connectivity index (χ0n) is 13.9. The fourth-order valence-electron chi connectivity index (χ4n) is 3.54. The molecule has 0 spiro atoms. The van der Waals surface area contributed by atoms with Crippen LogP contribution in [-0.2, 0) is 16.3 Å². The first kappa shape index (κ1) is 16.8. The van der Waals surface area contributed by atoms with E-state index in [9.17, 15) is 0 Å². The molecular weight excluding hydrogens is 327 g/mol. The summed E-state index contributed by atoms with van der Waals surface area (Å²) in [4.78, 5) is 0. The van der Waals surface area contributed by atoms with E-state index in [4.69, 9.17) is 16.3 Å². The van der Waals surface area contributed by atoms with Crippen LogP contribution in [0.2, 0.25) is 0 Å². The normalized spacial score (nSPS) is 37.8. The van der Waals surface area contributed by atoms with Gasteiger partial charge in [0.2, 0.25) is 0 Å². The Bertz CT molecular complexity index is 669. The summed E-state index contributed by atoms with van der Waals surface area (Å²) >= 11 is 8.06. The van der Waals surface area contributed by atoms with E-state index >= 15 is 0 Å². The van der Waals surface area contributed by atoms with Gasteiger partial charge in [-0.2, -0.15) is 0 Å². The Morgan fingerprint density at radius 3 is 2.86 bits per heavy atom. The van der Waals surface area contributed by atoms with Crippen LogP contribution in [0.4, 0.5) is 0 Å². The Morgan fingerprint density at radius 1 is 1.45 bits per heavy atom. The summed E-state index contributed by atoms with van der Waals surface area (Å²) in [5.41, 5.74) is 1.82. The summed E-state index contributed by atoms with van der Waals surface area (Å²) < 4.78 is 6.65. The van der Waals surface area contributed by atoms with Crippen LogP contribution in [-0.4, -0.2) is 10.9 Å². The summed E-state index contributed by atoms with van der Waals surface area (Å²) in [5, 5.41) is 1.78. The molecule has 2 fully saturated rings. The van der Waals surface area contributed by atoms with Crippen molar-refractivity contribution in [3.8, 4) is 0 Å². The van der Waals surface area contributed by atoms with Crippen molar-refractivity contribution in [1.82, 2.24) is 0 Å². The van der Waals surface area contributed by atoms with E-state index in [1.165, 1.54) is 34.8 Å². The molecule has 1 aliphatic heterocycles. The fourth-order valence-corrected chi connectivity index (χ4v) is 12.1. The van der Waals surface area contributed by atoms with Crippen LogP contribution >= 0.6 is 16.8 Å². The first-order chi connectivity index (χ1) is 10.2. The summed E-state index contributed by atoms with van der Waals surface area (Å²) in [7, 11) is 0. The molecule has 1 aromatic carbocycles. The Balaban J connectivity index is 1.94. The zero-order valence-corrected chi connectivity index (χ0v) is 16.4. The van der Waals surface area contributed by atoms with Crippen molar-refractivity contribution in [3.63, 3.8) is 0 Å². The number of benzene rings is 1. The number of aryl methyl sites for hydroxylation is 2. The van der Waals surface area contributed by atoms with Gasteiger partial charge in [0.25, 0.3) is 0 Å². The molecule has 1 aliphatic carbocycles. The van der Waals surface area contributed by atoms with E-state index in [1.54, 1.807) is 0 Å². The molecule has 0 N–H and O–H groups in total. The largest absolute Gasteiger partial charge is 0.331 e. The molecule has 0 bridgehead atoms. The predicted octanol–water partition coefficient (Wildman–Crippen LogP) is 5.51. The zero-order chi connectivity index (χ0) is 16.1. The number of fused-ring (bicyclic) bond motifs is 1. The average Bonchev–Trinajstić information content (AvgIpc) is 2.71. The monoisotopic (exact) mass is 352 g/mol. The highest BCUT2D eigenvalue weighted by Crippen LogP contribution is 2.73.